The van der Waals surface area contributed by atoms with Crippen LogP contribution in [0, 0.1) is 0 Å². The van der Waals surface area contributed by atoms with E-state index in [-0.39, 0.29) is 57.9 Å². The van der Waals surface area contributed by atoms with Crippen LogP contribution in [-0.4, -0.2) is 75.1 Å². The van der Waals surface area contributed by atoms with Gasteiger partial charge in [0.1, 0.15) is 23.8 Å². The summed E-state index contributed by atoms with van der Waals surface area (Å²) in [6.45, 7) is 6.37. The smallest absolute Gasteiger partial charge is 0.407 e. The van der Waals surface area contributed by atoms with Gasteiger partial charge in [0, 0.05) is 12.5 Å². The monoisotopic (exact) mass is 811 g/mol. The summed E-state index contributed by atoms with van der Waals surface area (Å²) < 4.78 is 22.2. The van der Waals surface area contributed by atoms with E-state index in [2.05, 4.69) is 28.1 Å². The number of fused-ring (bicyclic) bond motifs is 3. The minimum Gasteiger partial charge on any atom is -0.460 e. The molecule has 3 N–H and O–H groups in total. The lowest BCUT2D eigenvalue weighted by Gasteiger charge is -2.37. The maximum atomic E-state index is 14.4. The zero-order valence-electron chi connectivity index (χ0n) is 34.4. The third-order valence-electron chi connectivity index (χ3n) is 10.1. The van der Waals surface area contributed by atoms with Gasteiger partial charge in [0.2, 0.25) is 11.8 Å². The maximum Gasteiger partial charge on any atom is 0.407 e. The Morgan fingerprint density at radius 2 is 1.10 bits per heavy atom. The first-order chi connectivity index (χ1) is 29.0. The van der Waals surface area contributed by atoms with E-state index in [1.807, 2.05) is 127 Å². The lowest BCUT2D eigenvalue weighted by Crippen LogP contribution is -2.53. The molecule has 6 rings (SSSR count). The predicted octanol–water partition coefficient (Wildman–Crippen LogP) is 7.27. The average molecular weight is 812 g/mol. The quantitative estimate of drug-likeness (QED) is 0.0450. The number of nitrogens with one attached hydrogen (secondary N) is 3. The molecular weight excluding hydrogens is 759 g/mol. The molecule has 0 radical (unpaired) electrons. The van der Waals surface area contributed by atoms with Crippen LogP contribution >= 0.6 is 0 Å². The van der Waals surface area contributed by atoms with Gasteiger partial charge < -0.3 is 34.9 Å². The highest BCUT2D eigenvalue weighted by Gasteiger charge is 2.39. The number of carbonyl (C=O) groups excluding carboxylic acids is 4. The molecule has 11 nitrogen and oxygen atoms in total. The second kappa shape index (κ2) is 20.6. The molecule has 0 saturated heterocycles. The van der Waals surface area contributed by atoms with E-state index in [4.69, 9.17) is 18.9 Å². The highest BCUT2D eigenvalue weighted by atomic mass is 16.6. The van der Waals surface area contributed by atoms with Crippen LogP contribution in [0.15, 0.2) is 140 Å². The van der Waals surface area contributed by atoms with Crippen LogP contribution in [0.25, 0.3) is 11.1 Å². The SMILES string of the molecule is CC(C)(C)OC(=O)CCOCCOCCNC(=O)[C@H](CC(=O)NC(c1ccccc1)(c1ccccc1)c1ccccc1)NC(=O)OCC1c2ccccc2-c2ccccc21. The summed E-state index contributed by atoms with van der Waals surface area (Å²) in [6.07, 6.45) is -1.09. The summed E-state index contributed by atoms with van der Waals surface area (Å²) in [5.74, 6) is -1.60. The summed E-state index contributed by atoms with van der Waals surface area (Å²) in [7, 11) is 0. The van der Waals surface area contributed by atoms with Gasteiger partial charge in [-0.3, -0.25) is 14.4 Å². The topological polar surface area (TPSA) is 141 Å². The van der Waals surface area contributed by atoms with Crippen molar-refractivity contribution < 1.29 is 38.1 Å². The Kier molecular flexibility index (Phi) is 14.9. The summed E-state index contributed by atoms with van der Waals surface area (Å²) in [5, 5.41) is 8.76. The number of amides is 3. The first-order valence-electron chi connectivity index (χ1n) is 20.3. The minimum atomic E-state index is -1.29. The highest BCUT2D eigenvalue weighted by Crippen LogP contribution is 2.44. The molecular formula is C49H53N3O8. The Morgan fingerprint density at radius 1 is 0.617 bits per heavy atom. The fourth-order valence-corrected chi connectivity index (χ4v) is 7.46. The van der Waals surface area contributed by atoms with Gasteiger partial charge in [0.25, 0.3) is 0 Å². The fraction of sp³-hybridized carbons (Fsp3) is 0.306. The number of hydrogen-bond acceptors (Lipinski definition) is 8. The van der Waals surface area contributed by atoms with Gasteiger partial charge in [0.15, 0.2) is 0 Å². The van der Waals surface area contributed by atoms with Crippen molar-refractivity contribution in [2.24, 2.45) is 0 Å². The summed E-state index contributed by atoms with van der Waals surface area (Å²) in [4.78, 5) is 53.7. The Balaban J connectivity index is 1.13. The van der Waals surface area contributed by atoms with Crippen molar-refractivity contribution in [3.8, 4) is 11.1 Å². The molecule has 60 heavy (non-hydrogen) atoms. The van der Waals surface area contributed by atoms with Gasteiger partial charge in [-0.2, -0.15) is 0 Å². The van der Waals surface area contributed by atoms with Gasteiger partial charge in [0.05, 0.1) is 39.3 Å². The molecule has 5 aromatic rings. The summed E-state index contributed by atoms with van der Waals surface area (Å²) in [6, 6.07) is 43.6. The molecule has 1 atom stereocenters. The minimum absolute atomic E-state index is 0.0349. The van der Waals surface area contributed by atoms with E-state index in [9.17, 15) is 19.2 Å². The largest absolute Gasteiger partial charge is 0.460 e. The zero-order chi connectivity index (χ0) is 42.4. The number of esters is 1. The van der Waals surface area contributed by atoms with Crippen LogP contribution < -0.4 is 16.0 Å². The predicted molar refractivity (Wildman–Crippen MR) is 229 cm³/mol. The van der Waals surface area contributed by atoms with Crippen LogP contribution in [0.5, 0.6) is 0 Å². The molecule has 1 aliphatic rings. The van der Waals surface area contributed by atoms with E-state index in [1.54, 1.807) is 20.8 Å². The molecule has 0 saturated carbocycles. The average Bonchev–Trinajstić information content (AvgIpc) is 3.57. The van der Waals surface area contributed by atoms with Gasteiger partial charge in [-0.05, 0) is 59.7 Å². The van der Waals surface area contributed by atoms with Crippen LogP contribution in [-0.2, 0) is 38.9 Å². The molecule has 0 unspecified atom stereocenters. The lowest BCUT2D eigenvalue weighted by atomic mass is 9.77. The molecule has 0 bridgehead atoms. The molecule has 3 amide bonds. The Hall–Kier alpha value is -6.30. The number of benzene rings is 5. The first kappa shape index (κ1) is 43.3. The number of hydrogen-bond donors (Lipinski definition) is 3. The molecule has 11 heteroatoms. The third kappa shape index (κ3) is 11.2. The second-order valence-electron chi connectivity index (χ2n) is 15.5. The van der Waals surface area contributed by atoms with Crippen LogP contribution in [0.2, 0.25) is 0 Å². The van der Waals surface area contributed by atoms with Crippen molar-refractivity contribution in [1.29, 1.82) is 0 Å². The summed E-state index contributed by atoms with van der Waals surface area (Å²) >= 11 is 0. The number of alkyl carbamates (subject to hydrolysis) is 1. The maximum absolute atomic E-state index is 14.4. The van der Waals surface area contributed by atoms with Crippen LogP contribution in [0.3, 0.4) is 0 Å². The van der Waals surface area contributed by atoms with E-state index in [1.165, 1.54) is 0 Å². The number of ether oxygens (including phenoxy) is 4. The third-order valence-corrected chi connectivity index (χ3v) is 10.1. The molecule has 312 valence electrons. The van der Waals surface area contributed by atoms with E-state index >= 15 is 0 Å². The molecule has 0 aromatic heterocycles. The second-order valence-corrected chi connectivity index (χ2v) is 15.5. The standard InChI is InChI=1S/C49H53N3O8/c1-48(2,3)60-45(54)27-29-57-31-32-58-30-28-50-46(55)43(51-47(56)59-34-42-40-25-15-13-23-38(40)39-24-14-16-26-41(39)42)33-44(53)52-49(35-17-7-4-8-18-35,36-19-9-5-10-20-36)37-21-11-6-12-22-37/h4-26,42-43H,27-34H2,1-3H3,(H,50,55)(H,51,56)(H,52,53)/t43-/m0/s1. The van der Waals surface area contributed by atoms with Gasteiger partial charge >= 0.3 is 12.1 Å². The first-order valence-corrected chi connectivity index (χ1v) is 20.3. The molecule has 0 fully saturated rings. The normalized spacial score (nSPS) is 12.7. The number of carbonyl (C=O) groups is 4. The molecule has 5 aromatic carbocycles. The van der Waals surface area contributed by atoms with Crippen molar-refractivity contribution in [3.05, 3.63) is 167 Å². The van der Waals surface area contributed by atoms with Crippen LogP contribution in [0.4, 0.5) is 4.79 Å². The highest BCUT2D eigenvalue weighted by molar-refractivity contribution is 5.91. The van der Waals surface area contributed by atoms with Crippen molar-refractivity contribution in [2.75, 3.05) is 39.6 Å². The molecule has 0 heterocycles. The van der Waals surface area contributed by atoms with Crippen molar-refractivity contribution in [2.45, 2.75) is 56.7 Å². The van der Waals surface area contributed by atoms with E-state index in [0.717, 1.165) is 38.9 Å². The van der Waals surface area contributed by atoms with Gasteiger partial charge in [-0.1, -0.05) is 140 Å². The molecule has 1 aliphatic carbocycles. The van der Waals surface area contributed by atoms with Crippen molar-refractivity contribution >= 4 is 23.9 Å². The van der Waals surface area contributed by atoms with Crippen molar-refractivity contribution in [1.82, 2.24) is 16.0 Å². The lowest BCUT2D eigenvalue weighted by molar-refractivity contribution is -0.156. The Morgan fingerprint density at radius 3 is 1.62 bits per heavy atom. The van der Waals surface area contributed by atoms with Crippen LogP contribution in [0.1, 0.15) is 67.3 Å². The van der Waals surface area contributed by atoms with E-state index < -0.39 is 41.5 Å². The van der Waals surface area contributed by atoms with E-state index in [0.29, 0.717) is 0 Å². The Bertz CT molecular complexity index is 2050. The molecule has 0 spiro atoms. The van der Waals surface area contributed by atoms with Gasteiger partial charge in [-0.25, -0.2) is 4.79 Å². The molecule has 0 aliphatic heterocycles. The number of rotatable bonds is 19. The zero-order valence-corrected chi connectivity index (χ0v) is 34.4. The van der Waals surface area contributed by atoms with Crippen molar-refractivity contribution in [3.63, 3.8) is 0 Å². The van der Waals surface area contributed by atoms with Gasteiger partial charge in [-0.15, -0.1) is 0 Å². The fourth-order valence-electron chi connectivity index (χ4n) is 7.46. The summed E-state index contributed by atoms with van der Waals surface area (Å²) in [5.41, 5.74) is 5.02. The Labute approximate surface area is 351 Å².